The number of aryl methyl sites for hydroxylation is 2. The molecule has 6 nitrogen and oxygen atoms in total. The number of nitrogens with one attached hydrogen (secondary N) is 1. The van der Waals surface area contributed by atoms with Crippen LogP contribution in [-0.4, -0.2) is 34.2 Å². The summed E-state index contributed by atoms with van der Waals surface area (Å²) in [6, 6.07) is 24.1. The molecule has 1 aliphatic heterocycles. The van der Waals surface area contributed by atoms with Gasteiger partial charge in [0.15, 0.2) is 0 Å². The minimum atomic E-state index is -0.301. The van der Waals surface area contributed by atoms with Gasteiger partial charge in [0, 0.05) is 30.4 Å². The number of hydrogen-bond donors (Lipinski definition) is 1. The maximum atomic E-state index is 13.4. The molecule has 3 aromatic carbocycles. The van der Waals surface area contributed by atoms with Crippen molar-refractivity contribution >= 4 is 17.7 Å². The third kappa shape index (κ3) is 4.66. The van der Waals surface area contributed by atoms with Crippen molar-refractivity contribution < 1.29 is 14.4 Å². The second-order valence-corrected chi connectivity index (χ2v) is 9.18. The summed E-state index contributed by atoms with van der Waals surface area (Å²) in [7, 11) is 0. The fourth-order valence-corrected chi connectivity index (χ4v) is 4.91. The number of amides is 3. The molecule has 184 valence electrons. The van der Waals surface area contributed by atoms with E-state index in [9.17, 15) is 14.4 Å². The molecule has 0 bridgehead atoms. The summed E-state index contributed by atoms with van der Waals surface area (Å²) >= 11 is 0. The van der Waals surface area contributed by atoms with E-state index in [1.54, 1.807) is 30.5 Å². The number of benzene rings is 3. The van der Waals surface area contributed by atoms with Crippen LogP contribution in [0.5, 0.6) is 0 Å². The Bertz CT molecular complexity index is 1480. The van der Waals surface area contributed by atoms with E-state index in [1.807, 2.05) is 68.4 Å². The average molecular weight is 490 g/mol. The molecule has 37 heavy (non-hydrogen) atoms. The summed E-state index contributed by atoms with van der Waals surface area (Å²) in [6.45, 7) is 4.53. The van der Waals surface area contributed by atoms with Crippen molar-refractivity contribution in [2.45, 2.75) is 26.8 Å². The SMILES string of the molecule is Cc1cccc(CN2C(=O)c3ccccc3C2=O)c1-c1c(C)cccc1C(=O)NCCc1ccccn1. The van der Waals surface area contributed by atoms with Crippen LogP contribution in [0.4, 0.5) is 0 Å². The number of aromatic nitrogens is 1. The van der Waals surface area contributed by atoms with Crippen LogP contribution < -0.4 is 5.32 Å². The number of hydrogen-bond acceptors (Lipinski definition) is 4. The number of pyridine rings is 1. The second kappa shape index (κ2) is 10.2. The van der Waals surface area contributed by atoms with Gasteiger partial charge in [0.2, 0.25) is 0 Å². The Hall–Kier alpha value is -4.58. The minimum absolute atomic E-state index is 0.123. The highest BCUT2D eigenvalue weighted by molar-refractivity contribution is 6.21. The van der Waals surface area contributed by atoms with Crippen LogP contribution >= 0.6 is 0 Å². The van der Waals surface area contributed by atoms with Gasteiger partial charge in [0.25, 0.3) is 17.7 Å². The Balaban J connectivity index is 1.47. The molecule has 0 fully saturated rings. The molecule has 0 aliphatic carbocycles. The van der Waals surface area contributed by atoms with E-state index in [4.69, 9.17) is 0 Å². The summed E-state index contributed by atoms with van der Waals surface area (Å²) in [4.78, 5) is 45.1. The first-order chi connectivity index (χ1) is 18.0. The molecule has 1 aliphatic rings. The van der Waals surface area contributed by atoms with Crippen molar-refractivity contribution in [2.24, 2.45) is 0 Å². The van der Waals surface area contributed by atoms with Crippen molar-refractivity contribution in [1.29, 1.82) is 0 Å². The highest BCUT2D eigenvalue weighted by Crippen LogP contribution is 2.35. The predicted molar refractivity (Wildman–Crippen MR) is 142 cm³/mol. The van der Waals surface area contributed by atoms with E-state index >= 15 is 0 Å². The van der Waals surface area contributed by atoms with Gasteiger partial charge in [0.1, 0.15) is 0 Å². The summed E-state index contributed by atoms with van der Waals surface area (Å²) < 4.78 is 0. The Morgan fingerprint density at radius 3 is 2.11 bits per heavy atom. The van der Waals surface area contributed by atoms with Gasteiger partial charge in [-0.2, -0.15) is 0 Å². The summed E-state index contributed by atoms with van der Waals surface area (Å²) in [5.74, 6) is -0.778. The molecule has 5 rings (SSSR count). The number of carbonyl (C=O) groups excluding carboxylic acids is 3. The van der Waals surface area contributed by atoms with Crippen LogP contribution in [0.1, 0.15) is 53.5 Å². The fraction of sp³-hybridized carbons (Fsp3) is 0.161. The molecule has 3 amide bonds. The maximum Gasteiger partial charge on any atom is 0.261 e. The Morgan fingerprint density at radius 1 is 0.784 bits per heavy atom. The van der Waals surface area contributed by atoms with E-state index in [1.165, 1.54) is 4.90 Å². The maximum absolute atomic E-state index is 13.4. The first-order valence-electron chi connectivity index (χ1n) is 12.3. The molecular weight excluding hydrogens is 462 g/mol. The first kappa shape index (κ1) is 24.1. The van der Waals surface area contributed by atoms with Crippen molar-refractivity contribution in [3.8, 4) is 11.1 Å². The van der Waals surface area contributed by atoms with Gasteiger partial charge >= 0.3 is 0 Å². The molecule has 2 heterocycles. The van der Waals surface area contributed by atoms with E-state index in [2.05, 4.69) is 10.3 Å². The lowest BCUT2D eigenvalue weighted by Gasteiger charge is -2.21. The van der Waals surface area contributed by atoms with Crippen LogP contribution in [0.2, 0.25) is 0 Å². The van der Waals surface area contributed by atoms with Gasteiger partial charge in [0.05, 0.1) is 17.7 Å². The highest BCUT2D eigenvalue weighted by Gasteiger charge is 2.35. The number of nitrogens with zero attached hydrogens (tertiary/aromatic N) is 2. The van der Waals surface area contributed by atoms with Gasteiger partial charge in [-0.15, -0.1) is 0 Å². The van der Waals surface area contributed by atoms with E-state index in [0.717, 1.165) is 33.5 Å². The molecule has 4 aromatic rings. The fourth-order valence-electron chi connectivity index (χ4n) is 4.91. The van der Waals surface area contributed by atoms with E-state index in [0.29, 0.717) is 29.7 Å². The van der Waals surface area contributed by atoms with Crippen LogP contribution in [0, 0.1) is 13.8 Å². The quantitative estimate of drug-likeness (QED) is 0.365. The summed E-state index contributed by atoms with van der Waals surface area (Å²) in [6.07, 6.45) is 2.37. The zero-order valence-electron chi connectivity index (χ0n) is 20.8. The van der Waals surface area contributed by atoms with Gasteiger partial charge in [-0.05, 0) is 72.0 Å². The number of imide groups is 1. The van der Waals surface area contributed by atoms with Crippen LogP contribution in [-0.2, 0) is 13.0 Å². The molecule has 0 unspecified atom stereocenters. The Morgan fingerprint density at radius 2 is 1.43 bits per heavy atom. The lowest BCUT2D eigenvalue weighted by molar-refractivity contribution is 0.0642. The van der Waals surface area contributed by atoms with Gasteiger partial charge in [-0.1, -0.05) is 48.5 Å². The first-order valence-corrected chi connectivity index (χ1v) is 12.3. The summed E-state index contributed by atoms with van der Waals surface area (Å²) in [5, 5.41) is 3.03. The van der Waals surface area contributed by atoms with Crippen LogP contribution in [0.25, 0.3) is 11.1 Å². The van der Waals surface area contributed by atoms with Crippen LogP contribution in [0.15, 0.2) is 85.1 Å². The molecule has 0 atom stereocenters. The monoisotopic (exact) mass is 489 g/mol. The van der Waals surface area contributed by atoms with Crippen LogP contribution in [0.3, 0.4) is 0 Å². The van der Waals surface area contributed by atoms with E-state index < -0.39 is 0 Å². The third-order valence-corrected chi connectivity index (χ3v) is 6.73. The largest absolute Gasteiger partial charge is 0.352 e. The van der Waals surface area contributed by atoms with Crippen molar-refractivity contribution in [3.63, 3.8) is 0 Å². The zero-order chi connectivity index (χ0) is 25.9. The molecule has 1 N–H and O–H groups in total. The molecular formula is C31H27N3O3. The zero-order valence-corrected chi connectivity index (χ0v) is 20.8. The lowest BCUT2D eigenvalue weighted by Crippen LogP contribution is -2.29. The molecule has 0 spiro atoms. The third-order valence-electron chi connectivity index (χ3n) is 6.73. The molecule has 1 aromatic heterocycles. The molecule has 0 saturated heterocycles. The normalized spacial score (nSPS) is 12.5. The number of carbonyl (C=O) groups is 3. The Kier molecular flexibility index (Phi) is 6.64. The molecule has 0 saturated carbocycles. The van der Waals surface area contributed by atoms with Crippen molar-refractivity contribution in [2.75, 3.05) is 6.54 Å². The number of rotatable bonds is 7. The average Bonchev–Trinajstić information content (AvgIpc) is 3.15. The van der Waals surface area contributed by atoms with Gasteiger partial charge in [-0.3, -0.25) is 24.3 Å². The standard InChI is InChI=1S/C31H27N3O3/c1-20-9-7-11-22(19-34-30(36)24-13-3-4-14-25(24)31(34)37)27(20)28-21(2)10-8-15-26(28)29(35)33-18-16-23-12-5-6-17-32-23/h3-15,17H,16,18-19H2,1-2H3,(H,33,35). The highest BCUT2D eigenvalue weighted by atomic mass is 16.2. The topological polar surface area (TPSA) is 79.4 Å². The van der Waals surface area contributed by atoms with E-state index in [-0.39, 0.29) is 24.3 Å². The lowest BCUT2D eigenvalue weighted by atomic mass is 9.88. The van der Waals surface area contributed by atoms with Crippen molar-refractivity contribution in [3.05, 3.63) is 124 Å². The number of fused-ring (bicyclic) bond motifs is 1. The minimum Gasteiger partial charge on any atom is -0.352 e. The molecule has 0 radical (unpaired) electrons. The van der Waals surface area contributed by atoms with Gasteiger partial charge < -0.3 is 5.32 Å². The second-order valence-electron chi connectivity index (χ2n) is 9.18. The smallest absolute Gasteiger partial charge is 0.261 e. The Labute approximate surface area is 216 Å². The van der Waals surface area contributed by atoms with Gasteiger partial charge in [-0.25, -0.2) is 0 Å². The van der Waals surface area contributed by atoms with Crippen molar-refractivity contribution in [1.82, 2.24) is 15.2 Å². The molecule has 6 heteroatoms. The predicted octanol–water partition coefficient (Wildman–Crippen LogP) is 5.13. The summed E-state index contributed by atoms with van der Waals surface area (Å²) in [5.41, 5.74) is 6.70.